The van der Waals surface area contributed by atoms with Crippen LogP contribution in [0.25, 0.3) is 0 Å². The van der Waals surface area contributed by atoms with Gasteiger partial charge >= 0.3 is 0 Å². The van der Waals surface area contributed by atoms with E-state index in [9.17, 15) is 4.79 Å². The SMILES string of the molecule is CSCCC(=O)Nc1nc(C2CCNCC2)nn1C. The van der Waals surface area contributed by atoms with Gasteiger partial charge in [0.1, 0.15) is 0 Å². The van der Waals surface area contributed by atoms with E-state index >= 15 is 0 Å². The van der Waals surface area contributed by atoms with E-state index in [1.165, 1.54) is 0 Å². The number of nitrogens with zero attached hydrogens (tertiary/aromatic N) is 3. The van der Waals surface area contributed by atoms with Gasteiger partial charge in [-0.1, -0.05) is 0 Å². The van der Waals surface area contributed by atoms with Gasteiger partial charge in [-0.25, -0.2) is 4.68 Å². The fraction of sp³-hybridized carbons (Fsp3) is 0.750. The van der Waals surface area contributed by atoms with E-state index in [1.54, 1.807) is 16.4 Å². The minimum Gasteiger partial charge on any atom is -0.317 e. The van der Waals surface area contributed by atoms with Crippen LogP contribution in [0, 0.1) is 0 Å². The van der Waals surface area contributed by atoms with Crippen molar-refractivity contribution in [3.8, 4) is 0 Å². The normalized spacial score (nSPS) is 16.5. The highest BCUT2D eigenvalue weighted by Gasteiger charge is 2.21. The Labute approximate surface area is 117 Å². The van der Waals surface area contributed by atoms with E-state index in [0.29, 0.717) is 18.3 Å². The van der Waals surface area contributed by atoms with Gasteiger partial charge in [-0.2, -0.15) is 21.8 Å². The molecule has 2 N–H and O–H groups in total. The third-order valence-corrected chi connectivity index (χ3v) is 3.88. The Bertz CT molecular complexity index is 428. The Morgan fingerprint density at radius 2 is 2.26 bits per heavy atom. The molecule has 1 aliphatic rings. The summed E-state index contributed by atoms with van der Waals surface area (Å²) in [6.45, 7) is 2.02. The number of aromatic nitrogens is 3. The van der Waals surface area contributed by atoms with Crippen molar-refractivity contribution in [1.29, 1.82) is 0 Å². The first-order valence-electron chi connectivity index (χ1n) is 6.61. The zero-order chi connectivity index (χ0) is 13.7. The predicted octanol–water partition coefficient (Wildman–Crippen LogP) is 0.974. The number of anilines is 1. The number of thioether (sulfide) groups is 1. The van der Waals surface area contributed by atoms with Crippen LogP contribution < -0.4 is 10.6 Å². The number of amides is 1. The van der Waals surface area contributed by atoms with E-state index in [4.69, 9.17) is 0 Å². The van der Waals surface area contributed by atoms with Crippen molar-refractivity contribution in [2.45, 2.75) is 25.2 Å². The number of rotatable bonds is 5. The number of piperidine rings is 1. The Morgan fingerprint density at radius 3 is 2.95 bits per heavy atom. The van der Waals surface area contributed by atoms with Gasteiger partial charge in [0.2, 0.25) is 11.9 Å². The molecule has 1 fully saturated rings. The molecule has 0 spiro atoms. The molecule has 0 radical (unpaired) electrons. The van der Waals surface area contributed by atoms with Crippen LogP contribution in [0.1, 0.15) is 31.0 Å². The lowest BCUT2D eigenvalue weighted by molar-refractivity contribution is -0.115. The molecule has 19 heavy (non-hydrogen) atoms. The van der Waals surface area contributed by atoms with Crippen LogP contribution in [0.3, 0.4) is 0 Å². The van der Waals surface area contributed by atoms with Gasteiger partial charge < -0.3 is 5.32 Å². The summed E-state index contributed by atoms with van der Waals surface area (Å²) >= 11 is 1.66. The second kappa shape index (κ2) is 6.91. The van der Waals surface area contributed by atoms with Crippen molar-refractivity contribution in [3.05, 3.63) is 5.82 Å². The number of hydrogen-bond acceptors (Lipinski definition) is 5. The Kier molecular flexibility index (Phi) is 5.21. The van der Waals surface area contributed by atoms with Crippen molar-refractivity contribution in [1.82, 2.24) is 20.1 Å². The van der Waals surface area contributed by atoms with E-state index in [0.717, 1.165) is 37.5 Å². The minimum atomic E-state index is 0.00158. The van der Waals surface area contributed by atoms with Crippen molar-refractivity contribution in [3.63, 3.8) is 0 Å². The van der Waals surface area contributed by atoms with Gasteiger partial charge in [0.15, 0.2) is 5.82 Å². The Hall–Kier alpha value is -1.08. The van der Waals surface area contributed by atoms with Crippen molar-refractivity contribution in [2.24, 2.45) is 7.05 Å². The summed E-state index contributed by atoms with van der Waals surface area (Å²) in [5.41, 5.74) is 0. The lowest BCUT2D eigenvalue weighted by Gasteiger charge is -2.19. The topological polar surface area (TPSA) is 71.8 Å². The number of hydrogen-bond donors (Lipinski definition) is 2. The summed E-state index contributed by atoms with van der Waals surface area (Å²) in [5.74, 6) is 2.64. The molecule has 7 heteroatoms. The maximum atomic E-state index is 11.7. The van der Waals surface area contributed by atoms with Crippen LogP contribution >= 0.6 is 11.8 Å². The lowest BCUT2D eigenvalue weighted by Crippen LogP contribution is -2.27. The summed E-state index contributed by atoms with van der Waals surface area (Å²) in [6, 6.07) is 0. The summed E-state index contributed by atoms with van der Waals surface area (Å²) in [7, 11) is 1.82. The standard InChI is InChI=1S/C12H21N5OS/c1-17-12(14-10(18)5-8-19-2)15-11(16-17)9-3-6-13-7-4-9/h9,13H,3-8H2,1-2H3,(H,14,15,16,18). The number of nitrogens with one attached hydrogen (secondary N) is 2. The van der Waals surface area contributed by atoms with Gasteiger partial charge in [0.25, 0.3) is 0 Å². The number of carbonyl (C=O) groups is 1. The van der Waals surface area contributed by atoms with Crippen molar-refractivity contribution >= 4 is 23.6 Å². The van der Waals surface area contributed by atoms with E-state index < -0.39 is 0 Å². The van der Waals surface area contributed by atoms with Crippen LogP contribution in [0.2, 0.25) is 0 Å². The maximum absolute atomic E-state index is 11.7. The number of aryl methyl sites for hydroxylation is 1. The quantitative estimate of drug-likeness (QED) is 0.842. The highest BCUT2D eigenvalue weighted by atomic mass is 32.2. The monoisotopic (exact) mass is 283 g/mol. The molecule has 0 aromatic carbocycles. The van der Waals surface area contributed by atoms with Gasteiger partial charge in [-0.15, -0.1) is 0 Å². The first kappa shape index (κ1) is 14.3. The predicted molar refractivity (Wildman–Crippen MR) is 77.5 cm³/mol. The third-order valence-electron chi connectivity index (χ3n) is 3.27. The molecule has 0 unspecified atom stereocenters. The molecule has 0 atom stereocenters. The first-order valence-corrected chi connectivity index (χ1v) is 8.00. The van der Waals surface area contributed by atoms with Crippen LogP contribution in [-0.4, -0.2) is 45.8 Å². The molecule has 6 nitrogen and oxygen atoms in total. The average Bonchev–Trinajstić information content (AvgIpc) is 2.79. The molecule has 1 aromatic rings. The van der Waals surface area contributed by atoms with Gasteiger partial charge in [-0.05, 0) is 32.2 Å². The molecule has 2 heterocycles. The fourth-order valence-electron chi connectivity index (χ4n) is 2.15. The highest BCUT2D eigenvalue weighted by Crippen LogP contribution is 2.23. The van der Waals surface area contributed by atoms with Crippen LogP contribution in [0.4, 0.5) is 5.95 Å². The largest absolute Gasteiger partial charge is 0.317 e. The van der Waals surface area contributed by atoms with Crippen molar-refractivity contribution in [2.75, 3.05) is 30.4 Å². The summed E-state index contributed by atoms with van der Waals surface area (Å²) in [6.07, 6.45) is 4.62. The van der Waals surface area contributed by atoms with Gasteiger partial charge in [0, 0.05) is 25.1 Å². The van der Waals surface area contributed by atoms with Crippen molar-refractivity contribution < 1.29 is 4.79 Å². The van der Waals surface area contributed by atoms with E-state index in [-0.39, 0.29) is 5.91 Å². The van der Waals surface area contributed by atoms with Gasteiger partial charge in [0.05, 0.1) is 0 Å². The molecule has 1 aliphatic heterocycles. The molecule has 106 valence electrons. The van der Waals surface area contributed by atoms with E-state index in [1.807, 2.05) is 13.3 Å². The molecule has 1 saturated heterocycles. The van der Waals surface area contributed by atoms with E-state index in [2.05, 4.69) is 20.7 Å². The molecule has 0 bridgehead atoms. The summed E-state index contributed by atoms with van der Waals surface area (Å²) in [4.78, 5) is 16.2. The zero-order valence-electron chi connectivity index (χ0n) is 11.5. The molecule has 0 aliphatic carbocycles. The van der Waals surface area contributed by atoms with Crippen LogP contribution in [-0.2, 0) is 11.8 Å². The fourth-order valence-corrected chi connectivity index (χ4v) is 2.54. The number of carbonyl (C=O) groups excluding carboxylic acids is 1. The third kappa shape index (κ3) is 3.94. The minimum absolute atomic E-state index is 0.00158. The van der Waals surface area contributed by atoms with Crippen LogP contribution in [0.5, 0.6) is 0 Å². The van der Waals surface area contributed by atoms with Gasteiger partial charge in [-0.3, -0.25) is 10.1 Å². The molecule has 1 aromatic heterocycles. The lowest BCUT2D eigenvalue weighted by atomic mass is 9.98. The second-order valence-electron chi connectivity index (χ2n) is 4.73. The molecule has 2 rings (SSSR count). The molecule has 0 saturated carbocycles. The highest BCUT2D eigenvalue weighted by molar-refractivity contribution is 7.98. The molecular formula is C12H21N5OS. The molecule has 1 amide bonds. The Balaban J connectivity index is 1.97. The maximum Gasteiger partial charge on any atom is 0.227 e. The summed E-state index contributed by atoms with van der Waals surface area (Å²) < 4.78 is 1.66. The van der Waals surface area contributed by atoms with Crippen LogP contribution in [0.15, 0.2) is 0 Å². The Morgan fingerprint density at radius 1 is 1.53 bits per heavy atom. The smallest absolute Gasteiger partial charge is 0.227 e. The average molecular weight is 283 g/mol. The zero-order valence-corrected chi connectivity index (χ0v) is 12.3. The first-order chi connectivity index (χ1) is 9.20. The second-order valence-corrected chi connectivity index (χ2v) is 5.72. The molecular weight excluding hydrogens is 262 g/mol. The summed E-state index contributed by atoms with van der Waals surface area (Å²) in [5, 5.41) is 10.6.